The van der Waals surface area contributed by atoms with Gasteiger partial charge in [-0.15, -0.1) is 0 Å². The molecule has 0 aliphatic rings. The topological polar surface area (TPSA) is 3.24 Å². The molecule has 22 heavy (non-hydrogen) atoms. The maximum Gasteiger partial charge on any atom is 0.0429 e. The van der Waals surface area contributed by atoms with Crippen molar-refractivity contribution in [3.05, 3.63) is 77.4 Å². The zero-order valence-corrected chi connectivity index (χ0v) is 14.0. The van der Waals surface area contributed by atoms with E-state index in [1.165, 1.54) is 22.4 Å². The van der Waals surface area contributed by atoms with Crippen LogP contribution in [-0.4, -0.2) is 6.54 Å². The third-order valence-corrected chi connectivity index (χ3v) is 3.99. The van der Waals surface area contributed by atoms with Crippen molar-refractivity contribution < 1.29 is 0 Å². The fraction of sp³-hybridized carbons (Fsp3) is 0.333. The van der Waals surface area contributed by atoms with Gasteiger partial charge in [0.15, 0.2) is 0 Å². The molecule has 0 unspecified atom stereocenters. The van der Waals surface area contributed by atoms with Crippen LogP contribution in [0.5, 0.6) is 0 Å². The molecule has 0 aliphatic carbocycles. The molecule has 0 atom stereocenters. The van der Waals surface area contributed by atoms with Crippen LogP contribution in [0.4, 0.5) is 5.69 Å². The molecule has 0 amide bonds. The molecular formula is C21H27N. The number of benzene rings is 2. The first-order valence-corrected chi connectivity index (χ1v) is 8.23. The summed E-state index contributed by atoms with van der Waals surface area (Å²) in [6.45, 7) is 8.42. The molecule has 2 aromatic rings. The highest BCUT2D eigenvalue weighted by atomic mass is 15.1. The molecule has 1 heteroatoms. The van der Waals surface area contributed by atoms with Gasteiger partial charge in [0.25, 0.3) is 0 Å². The van der Waals surface area contributed by atoms with E-state index in [4.69, 9.17) is 0 Å². The molecule has 0 aromatic heterocycles. The molecule has 116 valence electrons. The Morgan fingerprint density at radius 3 is 2.45 bits per heavy atom. The van der Waals surface area contributed by atoms with Crippen molar-refractivity contribution >= 4 is 5.69 Å². The molecule has 0 N–H and O–H groups in total. The molecule has 0 fully saturated rings. The van der Waals surface area contributed by atoms with Crippen molar-refractivity contribution in [3.8, 4) is 0 Å². The van der Waals surface area contributed by atoms with Crippen LogP contribution < -0.4 is 4.90 Å². The van der Waals surface area contributed by atoms with Gasteiger partial charge in [-0.1, -0.05) is 54.1 Å². The normalized spacial score (nSPS) is 11.0. The molecule has 0 spiro atoms. The minimum Gasteiger partial charge on any atom is -0.367 e. The molecule has 0 heterocycles. The predicted molar refractivity (Wildman–Crippen MR) is 97.5 cm³/mol. The van der Waals surface area contributed by atoms with Crippen molar-refractivity contribution in [2.24, 2.45) is 0 Å². The fourth-order valence-corrected chi connectivity index (χ4v) is 2.62. The van der Waals surface area contributed by atoms with Crippen molar-refractivity contribution in [1.29, 1.82) is 0 Å². The lowest BCUT2D eigenvalue weighted by Gasteiger charge is -2.24. The highest BCUT2D eigenvalue weighted by Crippen LogP contribution is 2.20. The van der Waals surface area contributed by atoms with Gasteiger partial charge in [-0.25, -0.2) is 0 Å². The number of rotatable bonds is 7. The number of allylic oxidation sites excluding steroid dienone is 2. The van der Waals surface area contributed by atoms with Gasteiger partial charge < -0.3 is 4.90 Å². The molecular weight excluding hydrogens is 266 g/mol. The molecule has 2 aromatic carbocycles. The average molecular weight is 293 g/mol. The largest absolute Gasteiger partial charge is 0.367 e. The molecule has 0 radical (unpaired) electrons. The number of nitrogens with zero attached hydrogens (tertiary/aromatic N) is 1. The Morgan fingerprint density at radius 2 is 1.77 bits per heavy atom. The lowest BCUT2D eigenvalue weighted by atomic mass is 10.1. The monoisotopic (exact) mass is 293 g/mol. The van der Waals surface area contributed by atoms with Crippen LogP contribution in [0.3, 0.4) is 0 Å². The molecule has 0 saturated heterocycles. The summed E-state index contributed by atoms with van der Waals surface area (Å²) in [5.41, 5.74) is 5.42. The van der Waals surface area contributed by atoms with Gasteiger partial charge in [-0.3, -0.25) is 0 Å². The highest BCUT2D eigenvalue weighted by Gasteiger charge is 2.06. The first kappa shape index (κ1) is 16.4. The van der Waals surface area contributed by atoms with E-state index in [2.05, 4.69) is 86.4 Å². The quantitative estimate of drug-likeness (QED) is 0.607. The lowest BCUT2D eigenvalue weighted by Crippen LogP contribution is -2.22. The van der Waals surface area contributed by atoms with E-state index in [-0.39, 0.29) is 0 Å². The van der Waals surface area contributed by atoms with E-state index in [0.717, 1.165) is 25.9 Å². The zero-order valence-electron chi connectivity index (χ0n) is 14.0. The third-order valence-electron chi connectivity index (χ3n) is 3.99. The minimum absolute atomic E-state index is 0.967. The predicted octanol–water partition coefficient (Wildman–Crippen LogP) is 5.53. The van der Waals surface area contributed by atoms with E-state index in [0.29, 0.717) is 0 Å². The smallest absolute Gasteiger partial charge is 0.0429 e. The Labute approximate surface area is 135 Å². The Kier molecular flexibility index (Phi) is 6.27. The van der Waals surface area contributed by atoms with Crippen molar-refractivity contribution in [1.82, 2.24) is 0 Å². The summed E-state index contributed by atoms with van der Waals surface area (Å²) in [7, 11) is 0. The second-order valence-corrected chi connectivity index (χ2v) is 5.78. The van der Waals surface area contributed by atoms with Crippen LogP contribution in [0, 0.1) is 6.92 Å². The summed E-state index contributed by atoms with van der Waals surface area (Å²) in [6.07, 6.45) is 6.58. The van der Waals surface area contributed by atoms with Gasteiger partial charge in [-0.05, 0) is 56.9 Å². The first-order chi connectivity index (χ1) is 10.7. The second kappa shape index (κ2) is 8.43. The first-order valence-electron chi connectivity index (χ1n) is 8.23. The third kappa shape index (κ3) is 4.77. The van der Waals surface area contributed by atoms with Crippen LogP contribution >= 0.6 is 0 Å². The fourth-order valence-electron chi connectivity index (χ4n) is 2.62. The average Bonchev–Trinajstić information content (AvgIpc) is 2.55. The Bertz CT molecular complexity index is 596. The van der Waals surface area contributed by atoms with Gasteiger partial charge in [0.1, 0.15) is 0 Å². The van der Waals surface area contributed by atoms with Gasteiger partial charge in [-0.2, -0.15) is 0 Å². The Morgan fingerprint density at radius 1 is 1.00 bits per heavy atom. The van der Waals surface area contributed by atoms with Gasteiger partial charge >= 0.3 is 0 Å². The standard InChI is InChI=1S/C21H27N/c1-4-6-7-9-19-10-8-11-21(16-19)22(5-2)17-20-14-12-18(3)13-15-20/h4,6,8,10-16H,5,7,9,17H2,1-3H3. The Balaban J connectivity index is 2.09. The van der Waals surface area contributed by atoms with E-state index in [1.807, 2.05) is 0 Å². The van der Waals surface area contributed by atoms with E-state index >= 15 is 0 Å². The highest BCUT2D eigenvalue weighted by molar-refractivity contribution is 5.49. The number of aryl methyl sites for hydroxylation is 2. The van der Waals surface area contributed by atoms with Gasteiger partial charge in [0.2, 0.25) is 0 Å². The lowest BCUT2D eigenvalue weighted by molar-refractivity contribution is 0.829. The van der Waals surface area contributed by atoms with Crippen molar-refractivity contribution in [2.45, 2.75) is 40.2 Å². The summed E-state index contributed by atoms with van der Waals surface area (Å²) in [5, 5.41) is 0. The molecule has 0 saturated carbocycles. The number of hydrogen-bond acceptors (Lipinski definition) is 1. The molecule has 1 nitrogen and oxygen atoms in total. The maximum absolute atomic E-state index is 2.43. The summed E-state index contributed by atoms with van der Waals surface area (Å²) in [4.78, 5) is 2.43. The van der Waals surface area contributed by atoms with Gasteiger partial charge in [0.05, 0.1) is 0 Å². The van der Waals surface area contributed by atoms with Crippen LogP contribution in [-0.2, 0) is 13.0 Å². The number of hydrogen-bond donors (Lipinski definition) is 0. The van der Waals surface area contributed by atoms with Gasteiger partial charge in [0, 0.05) is 18.8 Å². The van der Waals surface area contributed by atoms with Crippen LogP contribution in [0.1, 0.15) is 37.0 Å². The van der Waals surface area contributed by atoms with Crippen molar-refractivity contribution in [2.75, 3.05) is 11.4 Å². The minimum atomic E-state index is 0.967. The van der Waals surface area contributed by atoms with E-state index < -0.39 is 0 Å². The van der Waals surface area contributed by atoms with Crippen LogP contribution in [0.25, 0.3) is 0 Å². The maximum atomic E-state index is 2.43. The Hall–Kier alpha value is -2.02. The molecule has 0 bridgehead atoms. The summed E-state index contributed by atoms with van der Waals surface area (Å²) < 4.78 is 0. The van der Waals surface area contributed by atoms with Crippen LogP contribution in [0.2, 0.25) is 0 Å². The summed E-state index contributed by atoms with van der Waals surface area (Å²) in [5.74, 6) is 0. The summed E-state index contributed by atoms with van der Waals surface area (Å²) in [6, 6.07) is 17.8. The van der Waals surface area contributed by atoms with Crippen LogP contribution in [0.15, 0.2) is 60.7 Å². The number of anilines is 1. The molecule has 2 rings (SSSR count). The van der Waals surface area contributed by atoms with E-state index in [1.54, 1.807) is 0 Å². The summed E-state index contributed by atoms with van der Waals surface area (Å²) >= 11 is 0. The second-order valence-electron chi connectivity index (χ2n) is 5.78. The molecule has 0 aliphatic heterocycles. The van der Waals surface area contributed by atoms with Crippen molar-refractivity contribution in [3.63, 3.8) is 0 Å². The zero-order chi connectivity index (χ0) is 15.8. The SMILES string of the molecule is CC=CCCc1cccc(N(CC)Cc2ccc(C)cc2)c1. The van der Waals surface area contributed by atoms with E-state index in [9.17, 15) is 0 Å².